The van der Waals surface area contributed by atoms with Gasteiger partial charge < -0.3 is 9.47 Å². The Morgan fingerprint density at radius 2 is 1.50 bits per heavy atom. The van der Waals surface area contributed by atoms with Crippen molar-refractivity contribution >= 4 is 0 Å². The molecule has 0 aromatic carbocycles. The third-order valence-corrected chi connectivity index (χ3v) is 1.89. The highest BCUT2D eigenvalue weighted by Gasteiger charge is 2.25. The lowest BCUT2D eigenvalue weighted by atomic mass is 9.83. The molecule has 0 aliphatic carbocycles. The van der Waals surface area contributed by atoms with Crippen molar-refractivity contribution in [3.05, 3.63) is 0 Å². The Morgan fingerprint density at radius 1 is 1.08 bits per heavy atom. The first-order valence-electron chi connectivity index (χ1n) is 4.52. The summed E-state index contributed by atoms with van der Waals surface area (Å²) in [4.78, 5) is 0. The van der Waals surface area contributed by atoms with Crippen LogP contribution in [0.1, 0.15) is 27.2 Å². The normalized spacial score (nSPS) is 12.5. The Morgan fingerprint density at radius 3 is 1.75 bits per heavy atom. The van der Waals surface area contributed by atoms with Crippen LogP contribution in [-0.2, 0) is 9.47 Å². The minimum atomic E-state index is 0.178. The summed E-state index contributed by atoms with van der Waals surface area (Å²) in [7, 11) is 3.49. The summed E-state index contributed by atoms with van der Waals surface area (Å²) in [5.41, 5.74) is 0.178. The van der Waals surface area contributed by atoms with Gasteiger partial charge in [0.2, 0.25) is 0 Å². The molecule has 0 aromatic heterocycles. The number of hydrogen-bond acceptors (Lipinski definition) is 2. The second-order valence-electron chi connectivity index (χ2n) is 4.27. The predicted molar refractivity (Wildman–Crippen MR) is 51.3 cm³/mol. The van der Waals surface area contributed by atoms with Crippen molar-refractivity contribution in [3.63, 3.8) is 0 Å². The molecule has 0 N–H and O–H groups in total. The van der Waals surface area contributed by atoms with Crippen LogP contribution >= 0.6 is 0 Å². The van der Waals surface area contributed by atoms with E-state index in [1.165, 1.54) is 0 Å². The van der Waals surface area contributed by atoms with E-state index < -0.39 is 0 Å². The number of ether oxygens (including phenoxy) is 2. The molecule has 0 aliphatic heterocycles. The molecule has 0 rings (SSSR count). The van der Waals surface area contributed by atoms with Crippen LogP contribution in [-0.4, -0.2) is 27.4 Å². The van der Waals surface area contributed by atoms with E-state index in [9.17, 15) is 0 Å². The number of methoxy groups -OCH3 is 2. The van der Waals surface area contributed by atoms with Crippen molar-refractivity contribution in [2.24, 2.45) is 11.3 Å². The van der Waals surface area contributed by atoms with Gasteiger partial charge in [0, 0.05) is 19.6 Å². The maximum Gasteiger partial charge on any atom is 0.0538 e. The van der Waals surface area contributed by atoms with Gasteiger partial charge in [-0.05, 0) is 12.3 Å². The van der Waals surface area contributed by atoms with Crippen molar-refractivity contribution in [1.82, 2.24) is 0 Å². The van der Waals surface area contributed by atoms with E-state index in [-0.39, 0.29) is 5.41 Å². The molecule has 0 aromatic rings. The molecular weight excluding hydrogens is 152 g/mol. The van der Waals surface area contributed by atoms with Gasteiger partial charge in [0.1, 0.15) is 0 Å². The van der Waals surface area contributed by atoms with Gasteiger partial charge in [0.05, 0.1) is 13.2 Å². The van der Waals surface area contributed by atoms with E-state index in [1.54, 1.807) is 14.2 Å². The Kier molecular flexibility index (Phi) is 5.51. The Labute approximate surface area is 76.3 Å². The maximum atomic E-state index is 5.18. The maximum absolute atomic E-state index is 5.18. The minimum Gasteiger partial charge on any atom is -0.384 e. The van der Waals surface area contributed by atoms with Gasteiger partial charge in [-0.1, -0.05) is 20.8 Å². The van der Waals surface area contributed by atoms with Crippen molar-refractivity contribution in [1.29, 1.82) is 0 Å². The quantitative estimate of drug-likeness (QED) is 0.615. The van der Waals surface area contributed by atoms with Crippen molar-refractivity contribution in [2.45, 2.75) is 27.2 Å². The Hall–Kier alpha value is -0.0800. The van der Waals surface area contributed by atoms with Crippen LogP contribution in [0.3, 0.4) is 0 Å². The molecule has 0 saturated heterocycles. The molecule has 2 nitrogen and oxygen atoms in total. The summed E-state index contributed by atoms with van der Waals surface area (Å²) in [6.07, 6.45) is 1.15. The topological polar surface area (TPSA) is 18.5 Å². The first-order chi connectivity index (χ1) is 5.54. The molecule has 0 bridgehead atoms. The van der Waals surface area contributed by atoms with Crippen LogP contribution in [0.25, 0.3) is 0 Å². The smallest absolute Gasteiger partial charge is 0.0538 e. The molecule has 0 fully saturated rings. The lowest BCUT2D eigenvalue weighted by Crippen LogP contribution is -2.29. The van der Waals surface area contributed by atoms with Gasteiger partial charge in [-0.2, -0.15) is 0 Å². The van der Waals surface area contributed by atoms with E-state index in [4.69, 9.17) is 9.47 Å². The SMILES string of the molecule is COCC(C)(COC)CC(C)C. The Bertz CT molecular complexity index is 104. The van der Waals surface area contributed by atoms with Gasteiger partial charge in [0.25, 0.3) is 0 Å². The van der Waals surface area contributed by atoms with Gasteiger partial charge >= 0.3 is 0 Å². The van der Waals surface area contributed by atoms with Crippen LogP contribution < -0.4 is 0 Å². The molecule has 0 spiro atoms. The summed E-state index contributed by atoms with van der Waals surface area (Å²) in [6, 6.07) is 0. The van der Waals surface area contributed by atoms with Crippen LogP contribution in [0.5, 0.6) is 0 Å². The fourth-order valence-corrected chi connectivity index (χ4v) is 1.84. The van der Waals surface area contributed by atoms with Gasteiger partial charge in [-0.3, -0.25) is 0 Å². The average Bonchev–Trinajstić information content (AvgIpc) is 1.85. The molecule has 0 saturated carbocycles. The predicted octanol–water partition coefficient (Wildman–Crippen LogP) is 2.33. The van der Waals surface area contributed by atoms with Crippen molar-refractivity contribution < 1.29 is 9.47 Å². The monoisotopic (exact) mass is 174 g/mol. The van der Waals surface area contributed by atoms with Gasteiger partial charge in [0.15, 0.2) is 0 Å². The number of rotatable bonds is 6. The third kappa shape index (κ3) is 4.73. The summed E-state index contributed by atoms with van der Waals surface area (Å²) in [5.74, 6) is 0.695. The molecule has 0 atom stereocenters. The third-order valence-electron chi connectivity index (χ3n) is 1.89. The standard InChI is InChI=1S/C10H22O2/c1-9(2)6-10(3,7-11-4)8-12-5/h9H,6-8H2,1-5H3. The van der Waals surface area contributed by atoms with Gasteiger partial charge in [-0.15, -0.1) is 0 Å². The summed E-state index contributed by atoms with van der Waals surface area (Å²) in [5, 5.41) is 0. The van der Waals surface area contributed by atoms with Crippen molar-refractivity contribution in [2.75, 3.05) is 27.4 Å². The van der Waals surface area contributed by atoms with Crippen LogP contribution in [0, 0.1) is 11.3 Å². The summed E-state index contributed by atoms with van der Waals surface area (Å²) in [6.45, 7) is 8.21. The molecule has 0 radical (unpaired) electrons. The zero-order chi connectivity index (χ0) is 9.61. The van der Waals surface area contributed by atoms with Crippen LogP contribution in [0.2, 0.25) is 0 Å². The molecular formula is C10H22O2. The zero-order valence-electron chi connectivity index (χ0n) is 9.02. The van der Waals surface area contributed by atoms with Crippen molar-refractivity contribution in [3.8, 4) is 0 Å². The van der Waals surface area contributed by atoms with Crippen LogP contribution in [0.15, 0.2) is 0 Å². The number of hydrogen-bond donors (Lipinski definition) is 0. The lowest BCUT2D eigenvalue weighted by Gasteiger charge is -2.29. The van der Waals surface area contributed by atoms with E-state index in [1.807, 2.05) is 0 Å². The molecule has 74 valence electrons. The fraction of sp³-hybridized carbons (Fsp3) is 1.00. The first-order valence-corrected chi connectivity index (χ1v) is 4.52. The highest BCUT2D eigenvalue weighted by molar-refractivity contribution is 4.74. The van der Waals surface area contributed by atoms with E-state index >= 15 is 0 Å². The molecule has 2 heteroatoms. The van der Waals surface area contributed by atoms with Crippen LogP contribution in [0.4, 0.5) is 0 Å². The summed E-state index contributed by atoms with van der Waals surface area (Å²) < 4.78 is 10.4. The average molecular weight is 174 g/mol. The highest BCUT2D eigenvalue weighted by atomic mass is 16.5. The minimum absolute atomic E-state index is 0.178. The summed E-state index contributed by atoms with van der Waals surface area (Å²) >= 11 is 0. The first kappa shape index (κ1) is 11.9. The second-order valence-corrected chi connectivity index (χ2v) is 4.27. The fourth-order valence-electron chi connectivity index (χ4n) is 1.84. The Balaban J connectivity index is 3.98. The largest absolute Gasteiger partial charge is 0.384 e. The molecule has 0 unspecified atom stereocenters. The highest BCUT2D eigenvalue weighted by Crippen LogP contribution is 2.26. The zero-order valence-corrected chi connectivity index (χ0v) is 9.02. The molecule has 12 heavy (non-hydrogen) atoms. The molecule has 0 heterocycles. The molecule has 0 aliphatic rings. The van der Waals surface area contributed by atoms with Gasteiger partial charge in [-0.25, -0.2) is 0 Å². The van der Waals surface area contributed by atoms with E-state index in [2.05, 4.69) is 20.8 Å². The second kappa shape index (κ2) is 5.55. The lowest BCUT2D eigenvalue weighted by molar-refractivity contribution is 0.00925. The molecule has 0 amide bonds. The van der Waals surface area contributed by atoms with E-state index in [0.717, 1.165) is 19.6 Å². The van der Waals surface area contributed by atoms with E-state index in [0.29, 0.717) is 5.92 Å².